The predicted octanol–water partition coefficient (Wildman–Crippen LogP) is 2.07. The molecule has 4 nitrogen and oxygen atoms in total. The Morgan fingerprint density at radius 1 is 1.09 bits per heavy atom. The Morgan fingerprint density at radius 2 is 1.83 bits per heavy atom. The maximum Gasteiger partial charge on any atom is 0.123 e. The Labute approximate surface area is 136 Å². The van der Waals surface area contributed by atoms with Crippen LogP contribution in [0.25, 0.3) is 0 Å². The van der Waals surface area contributed by atoms with Gasteiger partial charge in [-0.1, -0.05) is 18.2 Å². The zero-order chi connectivity index (χ0) is 16.1. The number of aliphatic hydroxyl groups is 1. The van der Waals surface area contributed by atoms with Crippen molar-refractivity contribution >= 4 is 0 Å². The van der Waals surface area contributed by atoms with E-state index < -0.39 is 0 Å². The van der Waals surface area contributed by atoms with Crippen LogP contribution in [0.2, 0.25) is 0 Å². The summed E-state index contributed by atoms with van der Waals surface area (Å²) in [6.07, 6.45) is 3.57. The molecule has 0 radical (unpaired) electrons. The summed E-state index contributed by atoms with van der Waals surface area (Å²) in [6.45, 7) is 4.62. The molecule has 0 saturated carbocycles. The summed E-state index contributed by atoms with van der Waals surface area (Å²) in [7, 11) is 0. The molecular weight excluding hydrogens is 293 g/mol. The molecule has 1 aliphatic rings. The second-order valence-corrected chi connectivity index (χ2v) is 5.92. The van der Waals surface area contributed by atoms with E-state index in [1.165, 1.54) is 12.1 Å². The molecular formula is C18H22FN3O. The summed E-state index contributed by atoms with van der Waals surface area (Å²) in [6, 6.07) is 10.6. The average molecular weight is 315 g/mol. The zero-order valence-electron chi connectivity index (χ0n) is 13.1. The first kappa shape index (κ1) is 16.1. The molecule has 1 aliphatic heterocycles. The molecule has 0 amide bonds. The molecule has 2 heterocycles. The van der Waals surface area contributed by atoms with Crippen LogP contribution in [0.1, 0.15) is 17.2 Å². The van der Waals surface area contributed by atoms with Gasteiger partial charge in [0.2, 0.25) is 0 Å². The van der Waals surface area contributed by atoms with Crippen LogP contribution in [-0.2, 0) is 6.54 Å². The fourth-order valence-corrected chi connectivity index (χ4v) is 3.09. The highest BCUT2D eigenvalue weighted by Gasteiger charge is 2.24. The Morgan fingerprint density at radius 3 is 2.43 bits per heavy atom. The van der Waals surface area contributed by atoms with Gasteiger partial charge < -0.3 is 5.11 Å². The number of piperazine rings is 1. The highest BCUT2D eigenvalue weighted by molar-refractivity contribution is 5.16. The topological polar surface area (TPSA) is 39.6 Å². The lowest BCUT2D eigenvalue weighted by atomic mass is 10.1. The molecule has 1 atom stereocenters. The van der Waals surface area contributed by atoms with Gasteiger partial charge in [0.15, 0.2) is 0 Å². The smallest absolute Gasteiger partial charge is 0.123 e. The number of pyridine rings is 1. The van der Waals surface area contributed by atoms with Crippen molar-refractivity contribution in [2.45, 2.75) is 12.6 Å². The summed E-state index contributed by atoms with van der Waals surface area (Å²) < 4.78 is 13.0. The summed E-state index contributed by atoms with van der Waals surface area (Å²) in [5.74, 6) is -0.194. The third kappa shape index (κ3) is 4.13. The van der Waals surface area contributed by atoms with Gasteiger partial charge >= 0.3 is 0 Å². The fraction of sp³-hybridized carbons (Fsp3) is 0.389. The van der Waals surface area contributed by atoms with E-state index in [0.717, 1.165) is 43.9 Å². The van der Waals surface area contributed by atoms with E-state index in [1.54, 1.807) is 6.20 Å². The van der Waals surface area contributed by atoms with Crippen molar-refractivity contribution in [1.29, 1.82) is 0 Å². The summed E-state index contributed by atoms with van der Waals surface area (Å²) >= 11 is 0. The van der Waals surface area contributed by atoms with Crippen LogP contribution in [0, 0.1) is 5.82 Å². The Bertz CT molecular complexity index is 597. The van der Waals surface area contributed by atoms with E-state index in [9.17, 15) is 9.50 Å². The molecule has 1 aromatic heterocycles. The number of benzene rings is 1. The fourth-order valence-electron chi connectivity index (χ4n) is 3.09. The van der Waals surface area contributed by atoms with Gasteiger partial charge in [0.05, 0.1) is 12.6 Å². The molecule has 3 rings (SSSR count). The SMILES string of the molecule is OCC(c1cccnc1)N1CCN(Cc2ccc(F)cc2)CC1. The predicted molar refractivity (Wildman–Crippen MR) is 87.3 cm³/mol. The van der Waals surface area contributed by atoms with Crippen LogP contribution in [0.15, 0.2) is 48.8 Å². The quantitative estimate of drug-likeness (QED) is 0.917. The van der Waals surface area contributed by atoms with Gasteiger partial charge in [-0.15, -0.1) is 0 Å². The van der Waals surface area contributed by atoms with Crippen molar-refractivity contribution < 1.29 is 9.50 Å². The monoisotopic (exact) mass is 315 g/mol. The lowest BCUT2D eigenvalue weighted by Crippen LogP contribution is -2.47. The van der Waals surface area contributed by atoms with E-state index in [4.69, 9.17) is 0 Å². The van der Waals surface area contributed by atoms with E-state index in [1.807, 2.05) is 30.5 Å². The van der Waals surface area contributed by atoms with Gasteiger partial charge in [0.25, 0.3) is 0 Å². The molecule has 23 heavy (non-hydrogen) atoms. The summed E-state index contributed by atoms with van der Waals surface area (Å²) in [4.78, 5) is 8.81. The minimum atomic E-state index is -0.194. The lowest BCUT2D eigenvalue weighted by molar-refractivity contribution is 0.0620. The first-order chi connectivity index (χ1) is 11.3. The van der Waals surface area contributed by atoms with Crippen molar-refractivity contribution in [3.8, 4) is 0 Å². The van der Waals surface area contributed by atoms with Crippen molar-refractivity contribution in [2.75, 3.05) is 32.8 Å². The van der Waals surface area contributed by atoms with Crippen LogP contribution >= 0.6 is 0 Å². The zero-order valence-corrected chi connectivity index (χ0v) is 13.1. The second-order valence-electron chi connectivity index (χ2n) is 5.92. The van der Waals surface area contributed by atoms with Crippen molar-refractivity contribution in [1.82, 2.24) is 14.8 Å². The van der Waals surface area contributed by atoms with E-state index in [0.29, 0.717) is 0 Å². The van der Waals surface area contributed by atoms with Gasteiger partial charge in [-0.05, 0) is 29.3 Å². The third-order valence-electron chi connectivity index (χ3n) is 4.41. The molecule has 0 bridgehead atoms. The molecule has 0 aliphatic carbocycles. The van der Waals surface area contributed by atoms with Gasteiger partial charge in [0.1, 0.15) is 5.82 Å². The molecule has 1 unspecified atom stereocenters. The highest BCUT2D eigenvalue weighted by atomic mass is 19.1. The standard InChI is InChI=1S/C18H22FN3O/c19-17-5-3-15(4-6-17)13-21-8-10-22(11-9-21)18(14-23)16-2-1-7-20-12-16/h1-7,12,18,23H,8-11,13-14H2. The van der Waals surface area contributed by atoms with Crippen molar-refractivity contribution in [3.63, 3.8) is 0 Å². The van der Waals surface area contributed by atoms with E-state index in [2.05, 4.69) is 14.8 Å². The molecule has 1 fully saturated rings. The Balaban J connectivity index is 1.56. The lowest BCUT2D eigenvalue weighted by Gasteiger charge is -2.38. The molecule has 122 valence electrons. The summed E-state index contributed by atoms with van der Waals surface area (Å²) in [5.41, 5.74) is 2.19. The number of aromatic nitrogens is 1. The number of hydrogen-bond donors (Lipinski definition) is 1. The number of aliphatic hydroxyl groups excluding tert-OH is 1. The number of hydrogen-bond acceptors (Lipinski definition) is 4. The third-order valence-corrected chi connectivity index (χ3v) is 4.41. The minimum Gasteiger partial charge on any atom is -0.394 e. The molecule has 2 aromatic rings. The first-order valence-electron chi connectivity index (χ1n) is 7.98. The Hall–Kier alpha value is -1.82. The average Bonchev–Trinajstić information content (AvgIpc) is 2.60. The maximum atomic E-state index is 13.0. The normalized spacial score (nSPS) is 18.0. The number of halogens is 1. The van der Waals surface area contributed by atoms with E-state index >= 15 is 0 Å². The molecule has 0 spiro atoms. The van der Waals surface area contributed by atoms with Gasteiger partial charge in [-0.3, -0.25) is 14.8 Å². The van der Waals surface area contributed by atoms with Gasteiger partial charge in [-0.25, -0.2) is 4.39 Å². The van der Waals surface area contributed by atoms with Crippen molar-refractivity contribution in [2.24, 2.45) is 0 Å². The second kappa shape index (κ2) is 7.64. The van der Waals surface area contributed by atoms with Crippen LogP contribution in [0.5, 0.6) is 0 Å². The molecule has 1 aromatic carbocycles. The molecule has 1 saturated heterocycles. The molecule has 1 N–H and O–H groups in total. The first-order valence-corrected chi connectivity index (χ1v) is 7.98. The van der Waals surface area contributed by atoms with Gasteiger partial charge in [0, 0.05) is 45.1 Å². The van der Waals surface area contributed by atoms with Crippen molar-refractivity contribution in [3.05, 3.63) is 65.7 Å². The minimum absolute atomic E-state index is 0.0108. The van der Waals surface area contributed by atoms with E-state index in [-0.39, 0.29) is 18.5 Å². The van der Waals surface area contributed by atoms with Gasteiger partial charge in [-0.2, -0.15) is 0 Å². The largest absolute Gasteiger partial charge is 0.394 e. The molecule has 5 heteroatoms. The highest BCUT2D eigenvalue weighted by Crippen LogP contribution is 2.21. The number of nitrogens with zero attached hydrogens (tertiary/aromatic N) is 3. The maximum absolute atomic E-state index is 13.0. The van der Waals surface area contributed by atoms with Crippen LogP contribution in [0.4, 0.5) is 4.39 Å². The summed E-state index contributed by atoms with van der Waals surface area (Å²) in [5, 5.41) is 9.74. The van der Waals surface area contributed by atoms with Crippen LogP contribution in [-0.4, -0.2) is 52.7 Å². The van der Waals surface area contributed by atoms with Crippen LogP contribution < -0.4 is 0 Å². The van der Waals surface area contributed by atoms with Crippen LogP contribution in [0.3, 0.4) is 0 Å². The number of rotatable bonds is 5. The Kier molecular flexibility index (Phi) is 5.33.